The molecule has 1 aromatic carbocycles. The van der Waals surface area contributed by atoms with Crippen molar-refractivity contribution >= 4 is 23.4 Å². The van der Waals surface area contributed by atoms with Gasteiger partial charge in [-0.25, -0.2) is 0 Å². The summed E-state index contributed by atoms with van der Waals surface area (Å²) in [5.74, 6) is -0.296. The standard InChI is InChI=1S/C17H18ClN3O2/c1-12(22)21-11-16-10-14(7-9-19-16)17(23)20-8-6-13-2-4-15(18)5-3-13/h2-5,7,9-10H,6,8,11H2,1H3,(H,20,23)(H,21,22). The highest BCUT2D eigenvalue weighted by Crippen LogP contribution is 2.09. The number of aromatic nitrogens is 1. The molecule has 2 rings (SSSR count). The Morgan fingerprint density at radius 3 is 2.57 bits per heavy atom. The third kappa shape index (κ3) is 5.71. The first-order valence-electron chi connectivity index (χ1n) is 7.26. The van der Waals surface area contributed by atoms with Crippen LogP contribution in [0.5, 0.6) is 0 Å². The number of amides is 2. The molecule has 0 spiro atoms. The van der Waals surface area contributed by atoms with Crippen LogP contribution < -0.4 is 10.6 Å². The number of nitrogens with one attached hydrogen (secondary N) is 2. The minimum atomic E-state index is -0.162. The molecule has 0 radical (unpaired) electrons. The number of pyridine rings is 1. The van der Waals surface area contributed by atoms with Crippen LogP contribution >= 0.6 is 11.6 Å². The van der Waals surface area contributed by atoms with Crippen molar-refractivity contribution in [1.82, 2.24) is 15.6 Å². The van der Waals surface area contributed by atoms with E-state index in [1.807, 2.05) is 24.3 Å². The Labute approximate surface area is 140 Å². The van der Waals surface area contributed by atoms with Gasteiger partial charge in [-0.05, 0) is 36.2 Å². The van der Waals surface area contributed by atoms with Crippen LogP contribution in [-0.2, 0) is 17.8 Å². The van der Waals surface area contributed by atoms with E-state index in [-0.39, 0.29) is 11.8 Å². The van der Waals surface area contributed by atoms with E-state index in [0.717, 1.165) is 12.0 Å². The molecule has 0 fully saturated rings. The quantitative estimate of drug-likeness (QED) is 0.853. The zero-order valence-corrected chi connectivity index (χ0v) is 13.6. The van der Waals surface area contributed by atoms with Crippen molar-refractivity contribution in [2.75, 3.05) is 6.54 Å². The van der Waals surface area contributed by atoms with Crippen molar-refractivity contribution in [2.24, 2.45) is 0 Å². The number of halogens is 1. The Bertz CT molecular complexity index is 686. The Kier molecular flexibility index (Phi) is 6.11. The lowest BCUT2D eigenvalue weighted by molar-refractivity contribution is -0.119. The first-order valence-corrected chi connectivity index (χ1v) is 7.64. The van der Waals surface area contributed by atoms with Gasteiger partial charge in [-0.15, -0.1) is 0 Å². The van der Waals surface area contributed by atoms with Crippen LogP contribution in [0.25, 0.3) is 0 Å². The molecule has 1 aromatic heterocycles. The molecule has 6 heteroatoms. The number of hydrogen-bond acceptors (Lipinski definition) is 3. The highest BCUT2D eigenvalue weighted by Gasteiger charge is 2.07. The maximum absolute atomic E-state index is 12.1. The molecule has 0 saturated carbocycles. The summed E-state index contributed by atoms with van der Waals surface area (Å²) in [4.78, 5) is 27.2. The highest BCUT2D eigenvalue weighted by molar-refractivity contribution is 6.30. The average molecular weight is 332 g/mol. The van der Waals surface area contributed by atoms with Crippen LogP contribution in [0.1, 0.15) is 28.5 Å². The molecular weight excluding hydrogens is 314 g/mol. The molecule has 0 atom stereocenters. The largest absolute Gasteiger partial charge is 0.352 e. The lowest BCUT2D eigenvalue weighted by atomic mass is 10.1. The second kappa shape index (κ2) is 8.29. The van der Waals surface area contributed by atoms with E-state index in [2.05, 4.69) is 15.6 Å². The number of nitrogens with zero attached hydrogens (tertiary/aromatic N) is 1. The summed E-state index contributed by atoms with van der Waals surface area (Å²) in [6, 6.07) is 10.9. The van der Waals surface area contributed by atoms with E-state index in [1.165, 1.54) is 6.92 Å². The van der Waals surface area contributed by atoms with Gasteiger partial charge in [0.05, 0.1) is 12.2 Å². The molecule has 23 heavy (non-hydrogen) atoms. The molecule has 2 amide bonds. The molecule has 0 aliphatic carbocycles. The number of rotatable bonds is 6. The van der Waals surface area contributed by atoms with Gasteiger partial charge >= 0.3 is 0 Å². The molecule has 2 N–H and O–H groups in total. The maximum atomic E-state index is 12.1. The van der Waals surface area contributed by atoms with E-state index in [0.29, 0.717) is 29.4 Å². The fourth-order valence-electron chi connectivity index (χ4n) is 2.00. The topological polar surface area (TPSA) is 71.1 Å². The SMILES string of the molecule is CC(=O)NCc1cc(C(=O)NCCc2ccc(Cl)cc2)ccn1. The Hall–Kier alpha value is -2.40. The van der Waals surface area contributed by atoms with Crippen LogP contribution in [-0.4, -0.2) is 23.3 Å². The predicted molar refractivity (Wildman–Crippen MR) is 89.2 cm³/mol. The first kappa shape index (κ1) is 17.0. The normalized spacial score (nSPS) is 10.2. The van der Waals surface area contributed by atoms with Crippen molar-refractivity contribution in [3.05, 3.63) is 64.4 Å². The van der Waals surface area contributed by atoms with Gasteiger partial charge in [-0.1, -0.05) is 23.7 Å². The predicted octanol–water partition coefficient (Wildman–Crippen LogP) is 2.34. The lowest BCUT2D eigenvalue weighted by Crippen LogP contribution is -2.26. The Morgan fingerprint density at radius 1 is 1.13 bits per heavy atom. The monoisotopic (exact) mass is 331 g/mol. The zero-order chi connectivity index (χ0) is 16.7. The molecule has 120 valence electrons. The van der Waals surface area contributed by atoms with E-state index in [9.17, 15) is 9.59 Å². The fraction of sp³-hybridized carbons (Fsp3) is 0.235. The van der Waals surface area contributed by atoms with Gasteiger partial charge in [0.15, 0.2) is 0 Å². The number of carbonyl (C=O) groups is 2. The van der Waals surface area contributed by atoms with Gasteiger partial charge in [0, 0.05) is 30.3 Å². The van der Waals surface area contributed by atoms with Gasteiger partial charge in [0.25, 0.3) is 5.91 Å². The third-order valence-electron chi connectivity index (χ3n) is 3.21. The van der Waals surface area contributed by atoms with Gasteiger partial charge in [-0.2, -0.15) is 0 Å². The van der Waals surface area contributed by atoms with Crippen molar-refractivity contribution in [1.29, 1.82) is 0 Å². The summed E-state index contributed by atoms with van der Waals surface area (Å²) in [5.41, 5.74) is 2.28. The summed E-state index contributed by atoms with van der Waals surface area (Å²) >= 11 is 5.83. The molecule has 0 unspecified atom stereocenters. The van der Waals surface area contributed by atoms with E-state index in [4.69, 9.17) is 11.6 Å². The molecule has 1 heterocycles. The van der Waals surface area contributed by atoms with Gasteiger partial charge in [0.2, 0.25) is 5.91 Å². The first-order chi connectivity index (χ1) is 11.0. The minimum Gasteiger partial charge on any atom is -0.352 e. The van der Waals surface area contributed by atoms with Crippen LogP contribution in [0.4, 0.5) is 0 Å². The number of benzene rings is 1. The molecule has 0 aliphatic heterocycles. The summed E-state index contributed by atoms with van der Waals surface area (Å²) < 4.78 is 0. The molecule has 0 aliphatic rings. The molecule has 5 nitrogen and oxygen atoms in total. The van der Waals surface area contributed by atoms with E-state index >= 15 is 0 Å². The second-order valence-electron chi connectivity index (χ2n) is 5.08. The third-order valence-corrected chi connectivity index (χ3v) is 3.46. The molecule has 2 aromatic rings. The summed E-state index contributed by atoms with van der Waals surface area (Å²) in [7, 11) is 0. The second-order valence-corrected chi connectivity index (χ2v) is 5.51. The Balaban J connectivity index is 1.86. The van der Waals surface area contributed by atoms with Crippen molar-refractivity contribution in [3.8, 4) is 0 Å². The lowest BCUT2D eigenvalue weighted by Gasteiger charge is -2.07. The molecular formula is C17H18ClN3O2. The van der Waals surface area contributed by atoms with Crippen LogP contribution in [0.2, 0.25) is 5.02 Å². The number of carbonyl (C=O) groups excluding carboxylic acids is 2. The van der Waals surface area contributed by atoms with Crippen molar-refractivity contribution in [2.45, 2.75) is 19.9 Å². The summed E-state index contributed by atoms with van der Waals surface area (Å²) in [6.45, 7) is 2.28. The smallest absolute Gasteiger partial charge is 0.251 e. The van der Waals surface area contributed by atoms with Gasteiger partial charge in [0.1, 0.15) is 0 Å². The van der Waals surface area contributed by atoms with Crippen LogP contribution in [0.15, 0.2) is 42.6 Å². The van der Waals surface area contributed by atoms with Crippen molar-refractivity contribution < 1.29 is 9.59 Å². The average Bonchev–Trinajstić information content (AvgIpc) is 2.55. The summed E-state index contributed by atoms with van der Waals surface area (Å²) in [5, 5.41) is 6.22. The Morgan fingerprint density at radius 2 is 1.87 bits per heavy atom. The minimum absolute atomic E-state index is 0.135. The fourth-order valence-corrected chi connectivity index (χ4v) is 2.13. The molecule has 0 bridgehead atoms. The van der Waals surface area contributed by atoms with E-state index in [1.54, 1.807) is 18.3 Å². The van der Waals surface area contributed by atoms with Crippen LogP contribution in [0, 0.1) is 0 Å². The van der Waals surface area contributed by atoms with Gasteiger partial charge < -0.3 is 10.6 Å². The van der Waals surface area contributed by atoms with Gasteiger partial charge in [-0.3, -0.25) is 14.6 Å². The van der Waals surface area contributed by atoms with E-state index < -0.39 is 0 Å². The van der Waals surface area contributed by atoms with Crippen LogP contribution in [0.3, 0.4) is 0 Å². The maximum Gasteiger partial charge on any atom is 0.251 e. The van der Waals surface area contributed by atoms with Crippen molar-refractivity contribution in [3.63, 3.8) is 0 Å². The highest BCUT2D eigenvalue weighted by atomic mass is 35.5. The zero-order valence-electron chi connectivity index (χ0n) is 12.8. The molecule has 0 saturated heterocycles. The summed E-state index contributed by atoms with van der Waals surface area (Å²) in [6.07, 6.45) is 2.29. The number of hydrogen-bond donors (Lipinski definition) is 2.